The maximum absolute atomic E-state index is 15.1. The van der Waals surface area contributed by atoms with Gasteiger partial charge in [-0.25, -0.2) is 17.8 Å². The zero-order valence-electron chi connectivity index (χ0n) is 17.9. The number of halogens is 2. The fourth-order valence-electron chi connectivity index (χ4n) is 5.36. The number of allylic oxidation sites excluding steroid dienone is 3. The summed E-state index contributed by atoms with van der Waals surface area (Å²) < 4.78 is 40.6. The van der Waals surface area contributed by atoms with E-state index in [0.29, 0.717) is 23.6 Å². The molecule has 1 aliphatic heterocycles. The number of nitrogens with zero attached hydrogens (tertiary/aromatic N) is 1. The zero-order valence-corrected chi connectivity index (χ0v) is 19.5. The van der Waals surface area contributed by atoms with E-state index in [4.69, 9.17) is 17.0 Å². The molecule has 1 saturated heterocycles. The molecule has 3 N–H and O–H groups in total. The van der Waals surface area contributed by atoms with Crippen LogP contribution >= 0.6 is 11.6 Å². The molecule has 2 fully saturated rings. The first-order valence-electron chi connectivity index (χ1n) is 10.6. The van der Waals surface area contributed by atoms with E-state index in [1.165, 1.54) is 24.4 Å². The molecule has 2 aliphatic carbocycles. The third-order valence-corrected chi connectivity index (χ3v) is 9.98. The van der Waals surface area contributed by atoms with Gasteiger partial charge in [-0.3, -0.25) is 10.2 Å². The van der Waals surface area contributed by atoms with E-state index in [2.05, 4.69) is 15.6 Å². The van der Waals surface area contributed by atoms with Crippen LogP contribution < -0.4 is 10.6 Å². The van der Waals surface area contributed by atoms with E-state index in [-0.39, 0.29) is 17.3 Å². The van der Waals surface area contributed by atoms with Gasteiger partial charge in [-0.2, -0.15) is 0 Å². The van der Waals surface area contributed by atoms with E-state index in [0.717, 1.165) is 12.8 Å². The summed E-state index contributed by atoms with van der Waals surface area (Å²) in [7, 11) is -3.67. The first kappa shape index (κ1) is 22.9. The highest BCUT2D eigenvalue weighted by molar-refractivity contribution is 7.93. The number of sulfone groups is 1. The molecular formula is C22H26ClFN4O3S. The van der Waals surface area contributed by atoms with E-state index in [9.17, 15) is 13.2 Å². The standard InChI is InChI=1S/C22H26ClFN4O3S/c1-13-16(27-19(29)17-7-5-14(23)11-26-17)8-6-15(24)18(13)21(2)12-32(30,31)22(20(25)28-21)9-3-4-10-22/h5-8,11,13,18H,3-4,9-10,12H2,1-2H3,(H2,25,28)(H,27,29)/t13?,18?,21-/m0/s1. The van der Waals surface area contributed by atoms with Crippen molar-refractivity contribution in [3.8, 4) is 0 Å². The Morgan fingerprint density at radius 2 is 2.00 bits per heavy atom. The normalized spacial score (nSPS) is 30.9. The smallest absolute Gasteiger partial charge is 0.274 e. The Morgan fingerprint density at radius 1 is 1.31 bits per heavy atom. The van der Waals surface area contributed by atoms with Crippen LogP contribution in [0.2, 0.25) is 5.02 Å². The highest BCUT2D eigenvalue weighted by atomic mass is 35.5. The highest BCUT2D eigenvalue weighted by Crippen LogP contribution is 2.47. The lowest BCUT2D eigenvalue weighted by Crippen LogP contribution is -2.70. The number of carbonyl (C=O) groups is 1. The van der Waals surface area contributed by atoms with Crippen LogP contribution in [0.25, 0.3) is 0 Å². The third kappa shape index (κ3) is 3.65. The molecule has 172 valence electrons. The molecule has 1 saturated carbocycles. The van der Waals surface area contributed by atoms with Crippen molar-refractivity contribution in [1.29, 1.82) is 5.41 Å². The second-order valence-electron chi connectivity index (χ2n) is 9.13. The maximum atomic E-state index is 15.1. The van der Waals surface area contributed by atoms with Gasteiger partial charge in [0.25, 0.3) is 5.91 Å². The van der Waals surface area contributed by atoms with Gasteiger partial charge in [-0.15, -0.1) is 0 Å². The van der Waals surface area contributed by atoms with Crippen molar-refractivity contribution in [2.75, 3.05) is 5.75 Å². The Balaban J connectivity index is 1.60. The van der Waals surface area contributed by atoms with Crippen molar-refractivity contribution in [3.63, 3.8) is 0 Å². The van der Waals surface area contributed by atoms with Gasteiger partial charge in [-0.05, 0) is 44.1 Å². The number of amides is 1. The predicted molar refractivity (Wildman–Crippen MR) is 121 cm³/mol. The molecule has 10 heteroatoms. The molecule has 2 unspecified atom stereocenters. The number of pyridine rings is 1. The molecular weight excluding hydrogens is 455 g/mol. The molecule has 3 aliphatic rings. The summed E-state index contributed by atoms with van der Waals surface area (Å²) in [5, 5.41) is 14.8. The van der Waals surface area contributed by atoms with Crippen LogP contribution in [-0.4, -0.2) is 41.2 Å². The molecule has 3 atom stereocenters. The van der Waals surface area contributed by atoms with Gasteiger partial charge in [0.05, 0.1) is 16.3 Å². The van der Waals surface area contributed by atoms with E-state index in [1.54, 1.807) is 19.9 Å². The van der Waals surface area contributed by atoms with Crippen LogP contribution in [0.4, 0.5) is 4.39 Å². The van der Waals surface area contributed by atoms with Crippen LogP contribution in [0.3, 0.4) is 0 Å². The van der Waals surface area contributed by atoms with Crippen molar-refractivity contribution < 1.29 is 17.6 Å². The van der Waals surface area contributed by atoms with Gasteiger partial charge in [0.1, 0.15) is 22.1 Å². The van der Waals surface area contributed by atoms with Gasteiger partial charge >= 0.3 is 0 Å². The van der Waals surface area contributed by atoms with Gasteiger partial charge in [0.2, 0.25) is 0 Å². The zero-order chi connectivity index (χ0) is 23.3. The van der Waals surface area contributed by atoms with Crippen LogP contribution in [-0.2, 0) is 9.84 Å². The molecule has 1 aromatic heterocycles. The first-order valence-corrected chi connectivity index (χ1v) is 12.6. The molecule has 7 nitrogen and oxygen atoms in total. The topological polar surface area (TPSA) is 112 Å². The monoisotopic (exact) mass is 480 g/mol. The van der Waals surface area contributed by atoms with Crippen molar-refractivity contribution >= 4 is 33.2 Å². The minimum Gasteiger partial charge on any atom is -0.366 e. The van der Waals surface area contributed by atoms with Crippen LogP contribution in [0.15, 0.2) is 42.0 Å². The third-order valence-electron chi connectivity index (χ3n) is 6.98. The Labute approximate surface area is 191 Å². The van der Waals surface area contributed by atoms with Crippen LogP contribution in [0, 0.1) is 17.2 Å². The van der Waals surface area contributed by atoms with Crippen LogP contribution in [0.1, 0.15) is 50.0 Å². The SMILES string of the molecule is CC1C(NC(=O)c2ccc(Cl)cn2)=CC=C(F)C1[C@]1(C)CS(=O)(=O)C2(CCCC2)C(=N)N1. The highest BCUT2D eigenvalue weighted by Gasteiger charge is 2.59. The fourth-order valence-corrected chi connectivity index (χ4v) is 8.06. The molecule has 1 spiro atoms. The molecule has 0 aromatic carbocycles. The number of amidine groups is 1. The second kappa shape index (κ2) is 7.95. The average molecular weight is 481 g/mol. The summed E-state index contributed by atoms with van der Waals surface area (Å²) in [4.78, 5) is 16.6. The van der Waals surface area contributed by atoms with Crippen molar-refractivity contribution in [1.82, 2.24) is 15.6 Å². The quantitative estimate of drug-likeness (QED) is 0.612. The Morgan fingerprint density at radius 3 is 2.59 bits per heavy atom. The second-order valence-corrected chi connectivity index (χ2v) is 11.9. The van der Waals surface area contributed by atoms with Gasteiger partial charge in [0, 0.05) is 23.7 Å². The van der Waals surface area contributed by atoms with Gasteiger partial charge in [-0.1, -0.05) is 31.4 Å². The number of carbonyl (C=O) groups excluding carboxylic acids is 1. The van der Waals surface area contributed by atoms with Crippen molar-refractivity contribution in [3.05, 3.63) is 52.7 Å². The van der Waals surface area contributed by atoms with Gasteiger partial charge in [0.15, 0.2) is 9.84 Å². The summed E-state index contributed by atoms with van der Waals surface area (Å²) in [5.74, 6) is -2.71. The largest absolute Gasteiger partial charge is 0.366 e. The molecule has 32 heavy (non-hydrogen) atoms. The van der Waals surface area contributed by atoms with E-state index < -0.39 is 43.7 Å². The number of aromatic nitrogens is 1. The number of hydrogen-bond donors (Lipinski definition) is 3. The number of nitrogens with one attached hydrogen (secondary N) is 3. The fraction of sp³-hybridized carbons (Fsp3) is 0.500. The lowest BCUT2D eigenvalue weighted by Gasteiger charge is -2.49. The molecule has 1 amide bonds. The minimum atomic E-state index is -3.67. The lowest BCUT2D eigenvalue weighted by atomic mass is 9.73. The Bertz CT molecular complexity index is 1130. The summed E-state index contributed by atoms with van der Waals surface area (Å²) in [5.41, 5.74) is -0.623. The van der Waals surface area contributed by atoms with Crippen LogP contribution in [0.5, 0.6) is 0 Å². The lowest BCUT2D eigenvalue weighted by molar-refractivity contribution is 0.0950. The number of rotatable bonds is 3. The average Bonchev–Trinajstić information content (AvgIpc) is 3.21. The molecule has 0 bridgehead atoms. The Kier molecular flexibility index (Phi) is 5.69. The summed E-state index contributed by atoms with van der Waals surface area (Å²) in [6.45, 7) is 3.38. The molecule has 2 heterocycles. The number of hydrogen-bond acceptors (Lipinski definition) is 5. The van der Waals surface area contributed by atoms with E-state index in [1.807, 2.05) is 0 Å². The summed E-state index contributed by atoms with van der Waals surface area (Å²) in [6, 6.07) is 3.03. The Hall–Kier alpha value is -2.26. The van der Waals surface area contributed by atoms with E-state index >= 15 is 4.39 Å². The molecule has 1 aromatic rings. The first-order chi connectivity index (χ1) is 15.0. The summed E-state index contributed by atoms with van der Waals surface area (Å²) >= 11 is 5.82. The van der Waals surface area contributed by atoms with Crippen molar-refractivity contribution in [2.24, 2.45) is 11.8 Å². The molecule has 0 radical (unpaired) electrons. The summed E-state index contributed by atoms with van der Waals surface area (Å²) in [6.07, 6.45) is 6.45. The van der Waals surface area contributed by atoms with Gasteiger partial charge < -0.3 is 10.6 Å². The van der Waals surface area contributed by atoms with Crippen molar-refractivity contribution in [2.45, 2.75) is 49.8 Å². The minimum absolute atomic E-state index is 0.0470. The molecule has 4 rings (SSSR count). The predicted octanol–water partition coefficient (Wildman–Crippen LogP) is 3.53. The maximum Gasteiger partial charge on any atom is 0.274 e.